The van der Waals surface area contributed by atoms with Crippen molar-refractivity contribution >= 4 is 28.9 Å². The van der Waals surface area contributed by atoms with E-state index in [-0.39, 0.29) is 0 Å². The van der Waals surface area contributed by atoms with Crippen LogP contribution in [0.15, 0.2) is 16.8 Å². The van der Waals surface area contributed by atoms with Crippen LogP contribution >= 0.6 is 23.6 Å². The van der Waals surface area contributed by atoms with Gasteiger partial charge in [0.05, 0.1) is 0 Å². The third-order valence-electron chi connectivity index (χ3n) is 0.679. The molecule has 0 saturated carbocycles. The van der Waals surface area contributed by atoms with Crippen LogP contribution in [0.5, 0.6) is 0 Å². The standard InChI is InChI=1S/C5H4S2/c6-3-5-1-2-7-4-5/h1-4H. The minimum absolute atomic E-state index is 1.14. The molecule has 0 aliphatic rings. The summed E-state index contributed by atoms with van der Waals surface area (Å²) in [5, 5.41) is 5.71. The van der Waals surface area contributed by atoms with E-state index in [0.717, 1.165) is 5.56 Å². The molecule has 0 bridgehead atoms. The zero-order valence-electron chi connectivity index (χ0n) is 3.63. The minimum atomic E-state index is 1.14. The third kappa shape index (κ3) is 1.08. The second-order valence-corrected chi connectivity index (χ2v) is 2.19. The fourth-order valence-electron chi connectivity index (χ4n) is 0.342. The summed E-state index contributed by atoms with van der Waals surface area (Å²) in [5.74, 6) is 0. The Kier molecular flexibility index (Phi) is 1.54. The smallest absolute Gasteiger partial charge is 0.00944 e. The van der Waals surface area contributed by atoms with Gasteiger partial charge in [0.2, 0.25) is 0 Å². The summed E-state index contributed by atoms with van der Waals surface area (Å²) in [6.07, 6.45) is 0. The predicted molar refractivity (Wildman–Crippen MR) is 37.1 cm³/mol. The molecule has 0 N–H and O–H groups in total. The van der Waals surface area contributed by atoms with Crippen LogP contribution in [0.25, 0.3) is 0 Å². The fourth-order valence-corrected chi connectivity index (χ4v) is 1.19. The van der Waals surface area contributed by atoms with Crippen LogP contribution in [0.1, 0.15) is 5.56 Å². The monoisotopic (exact) mass is 128 g/mol. The topological polar surface area (TPSA) is 0 Å². The Morgan fingerprint density at radius 1 is 1.71 bits per heavy atom. The van der Waals surface area contributed by atoms with Crippen molar-refractivity contribution in [2.24, 2.45) is 0 Å². The summed E-state index contributed by atoms with van der Waals surface area (Å²) in [5.41, 5.74) is 1.14. The van der Waals surface area contributed by atoms with E-state index in [2.05, 4.69) is 12.2 Å². The molecule has 0 fully saturated rings. The van der Waals surface area contributed by atoms with Gasteiger partial charge in [0.15, 0.2) is 0 Å². The van der Waals surface area contributed by atoms with Crippen LogP contribution in [0.4, 0.5) is 0 Å². The molecule has 0 radical (unpaired) electrons. The van der Waals surface area contributed by atoms with Gasteiger partial charge in [-0.1, -0.05) is 12.2 Å². The lowest BCUT2D eigenvalue weighted by Gasteiger charge is -1.69. The molecule has 1 aromatic heterocycles. The van der Waals surface area contributed by atoms with Crippen molar-refractivity contribution in [3.05, 3.63) is 22.4 Å². The second kappa shape index (κ2) is 2.19. The van der Waals surface area contributed by atoms with Crippen molar-refractivity contribution in [3.8, 4) is 0 Å². The Hall–Kier alpha value is -0.210. The molecule has 0 saturated heterocycles. The molecule has 1 rings (SSSR count). The van der Waals surface area contributed by atoms with Gasteiger partial charge in [0, 0.05) is 5.37 Å². The Morgan fingerprint density at radius 3 is 2.86 bits per heavy atom. The van der Waals surface area contributed by atoms with Crippen LogP contribution in [0.3, 0.4) is 0 Å². The zero-order chi connectivity index (χ0) is 5.11. The highest BCUT2D eigenvalue weighted by Crippen LogP contribution is 2.01. The summed E-state index contributed by atoms with van der Waals surface area (Å²) in [6.45, 7) is 0. The Bertz CT molecular complexity index is 141. The van der Waals surface area contributed by atoms with Gasteiger partial charge in [0.1, 0.15) is 0 Å². The van der Waals surface area contributed by atoms with E-state index in [1.807, 2.05) is 16.8 Å². The van der Waals surface area contributed by atoms with E-state index in [9.17, 15) is 0 Å². The normalized spacial score (nSPS) is 8.57. The molecule has 0 aliphatic heterocycles. The van der Waals surface area contributed by atoms with E-state index < -0.39 is 0 Å². The molecule has 7 heavy (non-hydrogen) atoms. The number of hydrogen-bond donors (Lipinski definition) is 0. The first-order valence-corrected chi connectivity index (χ1v) is 3.32. The van der Waals surface area contributed by atoms with Gasteiger partial charge < -0.3 is 0 Å². The van der Waals surface area contributed by atoms with E-state index in [1.54, 1.807) is 16.7 Å². The first-order valence-electron chi connectivity index (χ1n) is 1.91. The molecular formula is C5H4S2. The van der Waals surface area contributed by atoms with Crippen LogP contribution < -0.4 is 0 Å². The fraction of sp³-hybridized carbons (Fsp3) is 0. The third-order valence-corrected chi connectivity index (χ3v) is 1.65. The molecule has 2 heteroatoms. The van der Waals surface area contributed by atoms with E-state index in [0.29, 0.717) is 0 Å². The summed E-state index contributed by atoms with van der Waals surface area (Å²) >= 11 is 6.32. The lowest BCUT2D eigenvalue weighted by Crippen LogP contribution is -1.62. The van der Waals surface area contributed by atoms with Gasteiger partial charge >= 0.3 is 0 Å². The second-order valence-electron chi connectivity index (χ2n) is 1.17. The lowest BCUT2D eigenvalue weighted by atomic mass is 10.4. The predicted octanol–water partition coefficient (Wildman–Crippen LogP) is 2.10. The molecule has 36 valence electrons. The van der Waals surface area contributed by atoms with Gasteiger partial charge in [-0.15, -0.1) is 0 Å². The van der Waals surface area contributed by atoms with Gasteiger partial charge in [0.25, 0.3) is 0 Å². The summed E-state index contributed by atoms with van der Waals surface area (Å²) in [4.78, 5) is 0. The average molecular weight is 128 g/mol. The maximum Gasteiger partial charge on any atom is 0.00944 e. The Balaban J connectivity index is 2.96. The van der Waals surface area contributed by atoms with Crippen LogP contribution in [0, 0.1) is 0 Å². The zero-order valence-corrected chi connectivity index (χ0v) is 5.26. The Labute approximate surface area is 51.8 Å². The maximum atomic E-state index is 4.65. The lowest BCUT2D eigenvalue weighted by molar-refractivity contribution is 1.96. The molecular weight excluding hydrogens is 124 g/mol. The molecule has 0 spiro atoms. The van der Waals surface area contributed by atoms with Gasteiger partial charge in [-0.25, -0.2) is 0 Å². The largest absolute Gasteiger partial charge is 0.152 e. The number of thiocarbonyl (C=S) groups is 1. The highest BCUT2D eigenvalue weighted by atomic mass is 32.1. The SMILES string of the molecule is S=Cc1ccsc1. The van der Waals surface area contributed by atoms with Gasteiger partial charge in [-0.2, -0.15) is 11.3 Å². The van der Waals surface area contributed by atoms with Crippen LogP contribution in [-0.2, 0) is 0 Å². The minimum Gasteiger partial charge on any atom is -0.152 e. The Morgan fingerprint density at radius 2 is 2.57 bits per heavy atom. The average Bonchev–Trinajstić information content (AvgIpc) is 2.14. The molecule has 0 unspecified atom stereocenters. The molecule has 1 aromatic rings. The van der Waals surface area contributed by atoms with E-state index in [1.165, 1.54) is 0 Å². The van der Waals surface area contributed by atoms with Crippen molar-refractivity contribution in [3.63, 3.8) is 0 Å². The first kappa shape index (κ1) is 4.94. The number of rotatable bonds is 1. The van der Waals surface area contributed by atoms with Gasteiger partial charge in [-0.05, 0) is 22.4 Å². The first-order chi connectivity index (χ1) is 3.43. The highest BCUT2D eigenvalue weighted by molar-refractivity contribution is 7.79. The quantitative estimate of drug-likeness (QED) is 0.522. The highest BCUT2D eigenvalue weighted by Gasteiger charge is 1.79. The number of thiophene rings is 1. The number of hydrogen-bond acceptors (Lipinski definition) is 2. The molecule has 0 atom stereocenters. The summed E-state index contributed by atoms with van der Waals surface area (Å²) in [6, 6.07) is 2.00. The maximum absolute atomic E-state index is 4.65. The van der Waals surface area contributed by atoms with Crippen molar-refractivity contribution < 1.29 is 0 Å². The van der Waals surface area contributed by atoms with Crippen molar-refractivity contribution in [2.75, 3.05) is 0 Å². The molecule has 0 nitrogen and oxygen atoms in total. The summed E-state index contributed by atoms with van der Waals surface area (Å²) in [7, 11) is 0. The van der Waals surface area contributed by atoms with Gasteiger partial charge in [-0.3, -0.25) is 0 Å². The van der Waals surface area contributed by atoms with Crippen LogP contribution in [-0.4, -0.2) is 5.37 Å². The molecule has 1 heterocycles. The van der Waals surface area contributed by atoms with Crippen molar-refractivity contribution in [2.45, 2.75) is 0 Å². The van der Waals surface area contributed by atoms with Crippen molar-refractivity contribution in [1.82, 2.24) is 0 Å². The summed E-state index contributed by atoms with van der Waals surface area (Å²) < 4.78 is 0. The van der Waals surface area contributed by atoms with E-state index in [4.69, 9.17) is 0 Å². The van der Waals surface area contributed by atoms with Crippen LogP contribution in [0.2, 0.25) is 0 Å². The molecule has 0 aliphatic carbocycles. The van der Waals surface area contributed by atoms with Crippen molar-refractivity contribution in [1.29, 1.82) is 0 Å². The molecule has 0 aromatic carbocycles. The van der Waals surface area contributed by atoms with E-state index >= 15 is 0 Å². The molecule has 0 amide bonds.